The van der Waals surface area contributed by atoms with Crippen LogP contribution in [0.25, 0.3) is 0 Å². The second-order valence-electron chi connectivity index (χ2n) is 5.68. The number of amides is 1. The molecule has 25 heavy (non-hydrogen) atoms. The van der Waals surface area contributed by atoms with Gasteiger partial charge in [0.15, 0.2) is 5.96 Å². The lowest BCUT2D eigenvalue weighted by Crippen LogP contribution is -2.43. The number of nitrogens with one attached hydrogen (secondary N) is 3. The molecule has 3 N–H and O–H groups in total. The third-order valence-corrected chi connectivity index (χ3v) is 3.85. The SMILES string of the molecule is CCNC(=NCc1c(C)nn(C)c1C)NCC(=O)NCc1ccco1. The van der Waals surface area contributed by atoms with E-state index in [0.29, 0.717) is 25.6 Å². The number of rotatable bonds is 7. The van der Waals surface area contributed by atoms with Crippen molar-refractivity contribution < 1.29 is 9.21 Å². The molecule has 2 heterocycles. The number of guanidine groups is 1. The Kier molecular flexibility index (Phi) is 6.62. The molecule has 0 spiro atoms. The van der Waals surface area contributed by atoms with E-state index < -0.39 is 0 Å². The first-order valence-corrected chi connectivity index (χ1v) is 8.31. The first-order valence-electron chi connectivity index (χ1n) is 8.31. The number of furan rings is 1. The lowest BCUT2D eigenvalue weighted by Gasteiger charge is -2.11. The molecule has 0 saturated heterocycles. The highest BCUT2D eigenvalue weighted by molar-refractivity contribution is 5.86. The molecule has 0 saturated carbocycles. The summed E-state index contributed by atoms with van der Waals surface area (Å²) < 4.78 is 7.03. The second-order valence-corrected chi connectivity index (χ2v) is 5.68. The molecule has 0 aliphatic carbocycles. The number of aliphatic imine (C=N–C) groups is 1. The zero-order valence-electron chi connectivity index (χ0n) is 15.2. The predicted molar refractivity (Wildman–Crippen MR) is 96.1 cm³/mol. The van der Waals surface area contributed by atoms with Crippen LogP contribution in [0, 0.1) is 13.8 Å². The van der Waals surface area contributed by atoms with Crippen LogP contribution in [0.5, 0.6) is 0 Å². The molecule has 0 aliphatic heterocycles. The van der Waals surface area contributed by atoms with Crippen LogP contribution < -0.4 is 16.0 Å². The van der Waals surface area contributed by atoms with E-state index in [0.717, 1.165) is 22.7 Å². The van der Waals surface area contributed by atoms with Crippen molar-refractivity contribution >= 4 is 11.9 Å². The maximum Gasteiger partial charge on any atom is 0.239 e. The van der Waals surface area contributed by atoms with Gasteiger partial charge < -0.3 is 20.4 Å². The van der Waals surface area contributed by atoms with Crippen molar-refractivity contribution in [2.75, 3.05) is 13.1 Å². The van der Waals surface area contributed by atoms with Crippen LogP contribution in [-0.2, 0) is 24.9 Å². The van der Waals surface area contributed by atoms with Gasteiger partial charge in [-0.05, 0) is 32.9 Å². The third kappa shape index (κ3) is 5.37. The Labute approximate surface area is 147 Å². The normalized spacial score (nSPS) is 11.4. The molecule has 2 aromatic heterocycles. The van der Waals surface area contributed by atoms with Gasteiger partial charge in [-0.1, -0.05) is 0 Å². The quantitative estimate of drug-likeness (QED) is 0.513. The summed E-state index contributed by atoms with van der Waals surface area (Å²) in [6, 6.07) is 3.61. The Morgan fingerprint density at radius 2 is 2.12 bits per heavy atom. The van der Waals surface area contributed by atoms with Crippen molar-refractivity contribution in [3.8, 4) is 0 Å². The van der Waals surface area contributed by atoms with Crippen LogP contribution in [0.15, 0.2) is 27.8 Å². The minimum absolute atomic E-state index is 0.129. The zero-order valence-corrected chi connectivity index (χ0v) is 15.2. The first kappa shape index (κ1) is 18.6. The number of carbonyl (C=O) groups excluding carboxylic acids is 1. The molecule has 8 nitrogen and oxygen atoms in total. The topological polar surface area (TPSA) is 96.5 Å². The Balaban J connectivity index is 1.87. The maximum atomic E-state index is 11.9. The number of nitrogens with zero attached hydrogens (tertiary/aromatic N) is 3. The standard InChI is InChI=1S/C17H26N6O2/c1-5-18-17(20-10-15-12(2)22-23(4)13(15)3)21-11-16(24)19-9-14-7-6-8-25-14/h6-8H,5,9-11H2,1-4H3,(H,19,24)(H2,18,20,21). The Bertz CT molecular complexity index is 718. The van der Waals surface area contributed by atoms with Crippen molar-refractivity contribution in [3.63, 3.8) is 0 Å². The highest BCUT2D eigenvalue weighted by Gasteiger charge is 2.09. The van der Waals surface area contributed by atoms with Crippen molar-refractivity contribution in [2.24, 2.45) is 12.0 Å². The monoisotopic (exact) mass is 346 g/mol. The van der Waals surface area contributed by atoms with E-state index in [1.807, 2.05) is 38.6 Å². The molecule has 2 rings (SSSR count). The van der Waals surface area contributed by atoms with Crippen molar-refractivity contribution in [2.45, 2.75) is 33.9 Å². The molecule has 0 aliphatic rings. The summed E-state index contributed by atoms with van der Waals surface area (Å²) in [5, 5.41) is 13.3. The summed E-state index contributed by atoms with van der Waals surface area (Å²) >= 11 is 0. The van der Waals surface area contributed by atoms with Gasteiger partial charge in [-0.25, -0.2) is 4.99 Å². The molecule has 0 aromatic carbocycles. The number of carbonyl (C=O) groups is 1. The molecule has 2 aromatic rings. The molecule has 0 unspecified atom stereocenters. The van der Waals surface area contributed by atoms with Crippen LogP contribution in [-0.4, -0.2) is 34.7 Å². The lowest BCUT2D eigenvalue weighted by molar-refractivity contribution is -0.120. The molecule has 136 valence electrons. The number of hydrogen-bond acceptors (Lipinski definition) is 4. The number of hydrogen-bond donors (Lipinski definition) is 3. The molecule has 1 amide bonds. The Hall–Kier alpha value is -2.77. The smallest absolute Gasteiger partial charge is 0.239 e. The van der Waals surface area contributed by atoms with Crippen LogP contribution in [0.1, 0.15) is 29.6 Å². The van der Waals surface area contributed by atoms with E-state index in [9.17, 15) is 4.79 Å². The van der Waals surface area contributed by atoms with Gasteiger partial charge in [-0.15, -0.1) is 0 Å². The third-order valence-electron chi connectivity index (χ3n) is 3.85. The molecule has 0 atom stereocenters. The molecule has 0 radical (unpaired) electrons. The van der Waals surface area contributed by atoms with Gasteiger partial charge in [0.25, 0.3) is 0 Å². The molecule has 8 heteroatoms. The fourth-order valence-corrected chi connectivity index (χ4v) is 2.37. The van der Waals surface area contributed by atoms with Crippen molar-refractivity contribution in [1.29, 1.82) is 0 Å². The van der Waals surface area contributed by atoms with Crippen LogP contribution in [0.2, 0.25) is 0 Å². The van der Waals surface area contributed by atoms with E-state index in [2.05, 4.69) is 26.0 Å². The van der Waals surface area contributed by atoms with Crippen LogP contribution in [0.4, 0.5) is 0 Å². The van der Waals surface area contributed by atoms with Gasteiger partial charge in [0.05, 0.1) is 31.6 Å². The average Bonchev–Trinajstić information content (AvgIpc) is 3.18. The van der Waals surface area contributed by atoms with E-state index >= 15 is 0 Å². The summed E-state index contributed by atoms with van der Waals surface area (Å²) in [4.78, 5) is 16.5. The summed E-state index contributed by atoms with van der Waals surface area (Å²) in [5.41, 5.74) is 3.16. The lowest BCUT2D eigenvalue weighted by atomic mass is 10.2. The minimum Gasteiger partial charge on any atom is -0.467 e. The fraction of sp³-hybridized carbons (Fsp3) is 0.471. The maximum absolute atomic E-state index is 11.9. The van der Waals surface area contributed by atoms with E-state index in [4.69, 9.17) is 4.42 Å². The van der Waals surface area contributed by atoms with Gasteiger partial charge in [-0.2, -0.15) is 5.10 Å². The van der Waals surface area contributed by atoms with E-state index in [-0.39, 0.29) is 12.5 Å². The van der Waals surface area contributed by atoms with Gasteiger partial charge >= 0.3 is 0 Å². The molecule has 0 bridgehead atoms. The van der Waals surface area contributed by atoms with Crippen molar-refractivity contribution in [1.82, 2.24) is 25.7 Å². The summed E-state index contributed by atoms with van der Waals surface area (Å²) in [6.07, 6.45) is 1.58. The van der Waals surface area contributed by atoms with Crippen molar-refractivity contribution in [3.05, 3.63) is 41.1 Å². The Morgan fingerprint density at radius 1 is 1.32 bits per heavy atom. The van der Waals surface area contributed by atoms with Gasteiger partial charge in [0.1, 0.15) is 5.76 Å². The van der Waals surface area contributed by atoms with E-state index in [1.165, 1.54) is 0 Å². The average molecular weight is 346 g/mol. The molecule has 0 fully saturated rings. The highest BCUT2D eigenvalue weighted by Crippen LogP contribution is 2.12. The van der Waals surface area contributed by atoms with E-state index in [1.54, 1.807) is 12.3 Å². The number of aromatic nitrogens is 2. The summed E-state index contributed by atoms with van der Waals surface area (Å²) in [5.74, 6) is 1.19. The minimum atomic E-state index is -0.129. The fourth-order valence-electron chi connectivity index (χ4n) is 2.37. The van der Waals surface area contributed by atoms with Gasteiger partial charge in [0.2, 0.25) is 5.91 Å². The van der Waals surface area contributed by atoms with Gasteiger partial charge in [-0.3, -0.25) is 9.48 Å². The second kappa shape index (κ2) is 8.91. The predicted octanol–water partition coefficient (Wildman–Crippen LogP) is 1.00. The van der Waals surface area contributed by atoms with Crippen LogP contribution in [0.3, 0.4) is 0 Å². The highest BCUT2D eigenvalue weighted by atomic mass is 16.3. The van der Waals surface area contributed by atoms with Crippen LogP contribution >= 0.6 is 0 Å². The number of aryl methyl sites for hydroxylation is 2. The summed E-state index contributed by atoms with van der Waals surface area (Å²) in [6.45, 7) is 7.70. The zero-order chi connectivity index (χ0) is 18.2. The molecular formula is C17H26N6O2. The molecular weight excluding hydrogens is 320 g/mol. The largest absolute Gasteiger partial charge is 0.467 e. The Morgan fingerprint density at radius 3 is 2.72 bits per heavy atom. The van der Waals surface area contributed by atoms with Gasteiger partial charge in [0, 0.05) is 24.8 Å². The summed E-state index contributed by atoms with van der Waals surface area (Å²) in [7, 11) is 1.92. The first-order chi connectivity index (χ1) is 12.0.